The molecule has 0 unspecified atom stereocenters. The van der Waals surface area contributed by atoms with Crippen molar-refractivity contribution in [2.75, 3.05) is 20.1 Å². The first-order chi connectivity index (χ1) is 8.04. The number of hydrogen-bond acceptors (Lipinski definition) is 3. The molecular weight excluding hydrogens is 286 g/mol. The largest absolute Gasteiger partial charge is 0.355 e. The molecule has 0 saturated heterocycles. The number of halogens is 1. The molecule has 0 fully saturated rings. The summed E-state index contributed by atoms with van der Waals surface area (Å²) >= 11 is 3.19. The van der Waals surface area contributed by atoms with Gasteiger partial charge >= 0.3 is 0 Å². The van der Waals surface area contributed by atoms with Crippen molar-refractivity contribution in [3.63, 3.8) is 0 Å². The lowest BCUT2D eigenvalue weighted by Crippen LogP contribution is -2.38. The molecule has 2 amide bonds. The molecule has 0 atom stereocenters. The van der Waals surface area contributed by atoms with E-state index in [-0.39, 0.29) is 18.4 Å². The van der Waals surface area contributed by atoms with Crippen molar-refractivity contribution >= 4 is 27.7 Å². The van der Waals surface area contributed by atoms with Gasteiger partial charge in [-0.1, -0.05) is 6.07 Å². The summed E-state index contributed by atoms with van der Waals surface area (Å²) in [4.78, 5) is 28.6. The molecule has 17 heavy (non-hydrogen) atoms. The van der Waals surface area contributed by atoms with Crippen LogP contribution in [0.3, 0.4) is 0 Å². The summed E-state index contributed by atoms with van der Waals surface area (Å²) in [6.45, 7) is 2.41. The Labute approximate surface area is 108 Å². The van der Waals surface area contributed by atoms with E-state index in [0.29, 0.717) is 16.8 Å². The summed E-state index contributed by atoms with van der Waals surface area (Å²) in [5, 5.41) is 2.63. The van der Waals surface area contributed by atoms with Crippen molar-refractivity contribution in [1.29, 1.82) is 0 Å². The van der Waals surface area contributed by atoms with Crippen LogP contribution in [0.4, 0.5) is 0 Å². The van der Waals surface area contributed by atoms with E-state index in [4.69, 9.17) is 0 Å². The van der Waals surface area contributed by atoms with Gasteiger partial charge in [0.25, 0.3) is 5.91 Å². The van der Waals surface area contributed by atoms with E-state index in [0.717, 1.165) is 0 Å². The first-order valence-corrected chi connectivity index (χ1v) is 5.98. The Morgan fingerprint density at radius 1 is 1.47 bits per heavy atom. The molecule has 92 valence electrons. The van der Waals surface area contributed by atoms with Crippen molar-refractivity contribution in [2.24, 2.45) is 0 Å². The zero-order chi connectivity index (χ0) is 12.8. The maximum absolute atomic E-state index is 11.9. The first kappa shape index (κ1) is 13.6. The molecule has 1 aromatic rings. The Bertz CT molecular complexity index is 423. The van der Waals surface area contributed by atoms with Crippen LogP contribution in [-0.4, -0.2) is 41.8 Å². The molecule has 1 N–H and O–H groups in total. The summed E-state index contributed by atoms with van der Waals surface area (Å²) < 4.78 is 0.592. The zero-order valence-electron chi connectivity index (χ0n) is 9.74. The third kappa shape index (κ3) is 4.14. The topological polar surface area (TPSA) is 62.3 Å². The van der Waals surface area contributed by atoms with Crippen LogP contribution < -0.4 is 5.32 Å². The van der Waals surface area contributed by atoms with Crippen molar-refractivity contribution in [2.45, 2.75) is 6.92 Å². The third-order valence-electron chi connectivity index (χ3n) is 2.04. The molecule has 1 aromatic heterocycles. The molecular formula is C11H14BrN3O2. The molecule has 0 radical (unpaired) electrons. The molecule has 6 heteroatoms. The van der Waals surface area contributed by atoms with Crippen LogP contribution in [0.25, 0.3) is 0 Å². The van der Waals surface area contributed by atoms with Gasteiger partial charge in [-0.3, -0.25) is 9.59 Å². The van der Waals surface area contributed by atoms with Gasteiger partial charge in [-0.05, 0) is 35.0 Å². The third-order valence-corrected chi connectivity index (χ3v) is 2.48. The molecule has 0 aromatic carbocycles. The molecule has 0 aliphatic carbocycles. The fourth-order valence-corrected chi connectivity index (χ4v) is 1.61. The highest BCUT2D eigenvalue weighted by Gasteiger charge is 2.15. The number of likely N-dealkylation sites (N-methyl/N-ethyl adjacent to an activating group) is 2. The maximum Gasteiger partial charge on any atom is 0.272 e. The van der Waals surface area contributed by atoms with Crippen molar-refractivity contribution in [1.82, 2.24) is 15.2 Å². The highest BCUT2D eigenvalue weighted by molar-refractivity contribution is 9.10. The second-order valence-corrected chi connectivity index (χ2v) is 4.27. The standard InChI is InChI=1S/C11H14BrN3O2/c1-3-13-10(16)7-15(2)11(17)8-5-4-6-9(12)14-8/h4-6H,3,7H2,1-2H3,(H,13,16). The summed E-state index contributed by atoms with van der Waals surface area (Å²) in [6.07, 6.45) is 0. The highest BCUT2D eigenvalue weighted by atomic mass is 79.9. The van der Waals surface area contributed by atoms with Crippen LogP contribution >= 0.6 is 15.9 Å². The molecule has 1 heterocycles. The van der Waals surface area contributed by atoms with Gasteiger partial charge in [0.2, 0.25) is 5.91 Å². The van der Waals surface area contributed by atoms with Crippen LogP contribution in [0.15, 0.2) is 22.8 Å². The second-order valence-electron chi connectivity index (χ2n) is 3.46. The molecule has 0 aliphatic rings. The van der Waals surface area contributed by atoms with Gasteiger partial charge in [0.15, 0.2) is 0 Å². The van der Waals surface area contributed by atoms with E-state index in [2.05, 4.69) is 26.2 Å². The van der Waals surface area contributed by atoms with E-state index < -0.39 is 0 Å². The minimum absolute atomic E-state index is 0.0286. The van der Waals surface area contributed by atoms with E-state index in [1.165, 1.54) is 4.90 Å². The Morgan fingerprint density at radius 2 is 2.18 bits per heavy atom. The molecule has 0 bridgehead atoms. The number of rotatable bonds is 4. The second kappa shape index (κ2) is 6.34. The fraction of sp³-hybridized carbons (Fsp3) is 0.364. The Morgan fingerprint density at radius 3 is 2.76 bits per heavy atom. The predicted molar refractivity (Wildman–Crippen MR) is 67.6 cm³/mol. The highest BCUT2D eigenvalue weighted by Crippen LogP contribution is 2.07. The summed E-state index contributed by atoms with van der Waals surface area (Å²) in [6, 6.07) is 5.08. The molecule has 1 rings (SSSR count). The number of aromatic nitrogens is 1. The number of nitrogens with zero attached hydrogens (tertiary/aromatic N) is 2. The van der Waals surface area contributed by atoms with Crippen molar-refractivity contribution in [3.05, 3.63) is 28.5 Å². The summed E-state index contributed by atoms with van der Waals surface area (Å²) in [5.74, 6) is -0.462. The van der Waals surface area contributed by atoms with Crippen LogP contribution in [0, 0.1) is 0 Å². The van der Waals surface area contributed by atoms with Gasteiger partial charge in [-0.25, -0.2) is 4.98 Å². The minimum Gasteiger partial charge on any atom is -0.355 e. The Hall–Kier alpha value is -1.43. The first-order valence-electron chi connectivity index (χ1n) is 5.19. The predicted octanol–water partition coefficient (Wildman–Crippen LogP) is 1.05. The average Bonchev–Trinajstić information content (AvgIpc) is 2.28. The monoisotopic (exact) mass is 299 g/mol. The van der Waals surface area contributed by atoms with E-state index in [9.17, 15) is 9.59 Å². The van der Waals surface area contributed by atoms with Gasteiger partial charge in [0, 0.05) is 13.6 Å². The van der Waals surface area contributed by atoms with E-state index in [1.807, 2.05) is 6.92 Å². The number of carbonyl (C=O) groups excluding carboxylic acids is 2. The molecule has 0 aliphatic heterocycles. The lowest BCUT2D eigenvalue weighted by Gasteiger charge is -2.15. The number of carbonyl (C=O) groups is 2. The average molecular weight is 300 g/mol. The van der Waals surface area contributed by atoms with Gasteiger partial charge in [0.1, 0.15) is 10.3 Å². The van der Waals surface area contributed by atoms with Gasteiger partial charge < -0.3 is 10.2 Å². The van der Waals surface area contributed by atoms with Gasteiger partial charge in [-0.2, -0.15) is 0 Å². The fourth-order valence-electron chi connectivity index (χ4n) is 1.26. The van der Waals surface area contributed by atoms with Crippen molar-refractivity contribution < 1.29 is 9.59 Å². The SMILES string of the molecule is CCNC(=O)CN(C)C(=O)c1cccc(Br)n1. The number of nitrogens with one attached hydrogen (secondary N) is 1. The zero-order valence-corrected chi connectivity index (χ0v) is 11.3. The normalized spacial score (nSPS) is 9.82. The van der Waals surface area contributed by atoms with Crippen LogP contribution in [-0.2, 0) is 4.79 Å². The van der Waals surface area contributed by atoms with Crippen LogP contribution in [0.1, 0.15) is 17.4 Å². The summed E-state index contributed by atoms with van der Waals surface area (Å²) in [5.41, 5.74) is 0.311. The van der Waals surface area contributed by atoms with Crippen molar-refractivity contribution in [3.8, 4) is 0 Å². The van der Waals surface area contributed by atoms with Crippen LogP contribution in [0.2, 0.25) is 0 Å². The van der Waals surface area contributed by atoms with E-state index in [1.54, 1.807) is 25.2 Å². The smallest absolute Gasteiger partial charge is 0.272 e. The lowest BCUT2D eigenvalue weighted by molar-refractivity contribution is -0.121. The quantitative estimate of drug-likeness (QED) is 0.846. The summed E-state index contributed by atoms with van der Waals surface area (Å²) in [7, 11) is 1.57. The van der Waals surface area contributed by atoms with Gasteiger partial charge in [0.05, 0.1) is 6.54 Å². The maximum atomic E-state index is 11.9. The number of amides is 2. The lowest BCUT2D eigenvalue weighted by atomic mass is 10.3. The Kier molecular flexibility index (Phi) is 5.09. The molecule has 5 nitrogen and oxygen atoms in total. The molecule has 0 saturated carbocycles. The van der Waals surface area contributed by atoms with E-state index >= 15 is 0 Å². The number of pyridine rings is 1. The van der Waals surface area contributed by atoms with Crippen LogP contribution in [0.5, 0.6) is 0 Å². The molecule has 0 spiro atoms. The number of hydrogen-bond donors (Lipinski definition) is 1. The van der Waals surface area contributed by atoms with Gasteiger partial charge in [-0.15, -0.1) is 0 Å². The Balaban J connectivity index is 2.67. The minimum atomic E-state index is -0.280.